The van der Waals surface area contributed by atoms with Gasteiger partial charge in [0, 0.05) is 12.3 Å². The number of rotatable bonds is 6. The van der Waals surface area contributed by atoms with Crippen molar-refractivity contribution in [1.29, 1.82) is 0 Å². The van der Waals surface area contributed by atoms with Crippen LogP contribution in [0.4, 0.5) is 0 Å². The van der Waals surface area contributed by atoms with Gasteiger partial charge >= 0.3 is 0 Å². The molecule has 0 aliphatic heterocycles. The van der Waals surface area contributed by atoms with Crippen molar-refractivity contribution < 1.29 is 13.2 Å². The Kier molecular flexibility index (Phi) is 5.23. The summed E-state index contributed by atoms with van der Waals surface area (Å²) in [6.45, 7) is 5.44. The molecule has 0 aromatic heterocycles. The van der Waals surface area contributed by atoms with E-state index >= 15 is 0 Å². The van der Waals surface area contributed by atoms with E-state index in [1.807, 2.05) is 13.8 Å². The van der Waals surface area contributed by atoms with Crippen LogP contribution < -0.4 is 11.1 Å². The Labute approximate surface area is 91.3 Å². The third-order valence-electron chi connectivity index (χ3n) is 1.99. The number of carbonyl (C=O) groups excluding carboxylic acids is 1. The second-order valence-electron chi connectivity index (χ2n) is 4.28. The summed E-state index contributed by atoms with van der Waals surface area (Å²) in [5.41, 5.74) is 5.20. The maximum Gasteiger partial charge on any atom is 0.234 e. The molecule has 6 heteroatoms. The zero-order valence-electron chi connectivity index (χ0n) is 9.65. The normalized spacial score (nSPS) is 16.3. The fourth-order valence-corrected chi connectivity index (χ4v) is 2.42. The average molecular weight is 236 g/mol. The van der Waals surface area contributed by atoms with Gasteiger partial charge < -0.3 is 11.1 Å². The highest BCUT2D eigenvalue weighted by Gasteiger charge is 2.22. The maximum atomic E-state index is 11.1. The first kappa shape index (κ1) is 14.4. The van der Waals surface area contributed by atoms with Gasteiger partial charge in [-0.1, -0.05) is 13.8 Å². The molecule has 0 aromatic carbocycles. The second-order valence-corrected chi connectivity index (χ2v) is 6.47. The van der Waals surface area contributed by atoms with E-state index in [1.54, 1.807) is 6.92 Å². The highest BCUT2D eigenvalue weighted by Crippen LogP contribution is 2.03. The van der Waals surface area contributed by atoms with Gasteiger partial charge in [0.15, 0.2) is 0 Å². The third-order valence-corrected chi connectivity index (χ3v) is 3.10. The molecular formula is C9H20N2O3S. The van der Waals surface area contributed by atoms with E-state index in [4.69, 9.17) is 5.73 Å². The zero-order chi connectivity index (χ0) is 12.2. The quantitative estimate of drug-likeness (QED) is 0.652. The molecule has 15 heavy (non-hydrogen) atoms. The SMILES string of the molecule is CC(CS(C)(=O)=O)NC(C(N)=O)C(C)C. The highest BCUT2D eigenvalue weighted by atomic mass is 32.2. The van der Waals surface area contributed by atoms with Gasteiger partial charge in [0.1, 0.15) is 9.84 Å². The van der Waals surface area contributed by atoms with Crippen molar-refractivity contribution in [2.24, 2.45) is 11.7 Å². The molecule has 0 saturated carbocycles. The molecule has 5 nitrogen and oxygen atoms in total. The summed E-state index contributed by atoms with van der Waals surface area (Å²) in [4.78, 5) is 11.1. The summed E-state index contributed by atoms with van der Waals surface area (Å²) in [5, 5.41) is 2.92. The van der Waals surface area contributed by atoms with Gasteiger partial charge in [-0.3, -0.25) is 4.79 Å². The number of nitrogens with one attached hydrogen (secondary N) is 1. The number of hydrogen-bond donors (Lipinski definition) is 2. The lowest BCUT2D eigenvalue weighted by molar-refractivity contribution is -0.121. The topological polar surface area (TPSA) is 89.3 Å². The van der Waals surface area contributed by atoms with Crippen LogP contribution in [0.15, 0.2) is 0 Å². The van der Waals surface area contributed by atoms with Crippen molar-refractivity contribution in [2.75, 3.05) is 12.0 Å². The standard InChI is InChI=1S/C9H20N2O3S/c1-6(2)8(9(10)12)11-7(3)5-15(4,13)14/h6-8,11H,5H2,1-4H3,(H2,10,12). The van der Waals surface area contributed by atoms with Crippen LogP contribution in [-0.2, 0) is 14.6 Å². The summed E-state index contributed by atoms with van der Waals surface area (Å²) in [7, 11) is -3.03. The minimum atomic E-state index is -3.03. The Morgan fingerprint density at radius 1 is 1.33 bits per heavy atom. The van der Waals surface area contributed by atoms with E-state index in [1.165, 1.54) is 6.26 Å². The van der Waals surface area contributed by atoms with Crippen molar-refractivity contribution in [3.8, 4) is 0 Å². The molecule has 0 aliphatic rings. The van der Waals surface area contributed by atoms with E-state index in [2.05, 4.69) is 5.32 Å². The van der Waals surface area contributed by atoms with Gasteiger partial charge in [-0.05, 0) is 12.8 Å². The van der Waals surface area contributed by atoms with E-state index in [0.717, 1.165) is 0 Å². The van der Waals surface area contributed by atoms with Crippen molar-refractivity contribution in [3.63, 3.8) is 0 Å². The fraction of sp³-hybridized carbons (Fsp3) is 0.889. The lowest BCUT2D eigenvalue weighted by atomic mass is 10.0. The van der Waals surface area contributed by atoms with E-state index < -0.39 is 21.8 Å². The Hall–Kier alpha value is -0.620. The third kappa shape index (κ3) is 6.46. The van der Waals surface area contributed by atoms with Crippen LogP contribution in [-0.4, -0.2) is 38.4 Å². The van der Waals surface area contributed by atoms with Crippen LogP contribution in [0.3, 0.4) is 0 Å². The summed E-state index contributed by atoms with van der Waals surface area (Å²) >= 11 is 0. The van der Waals surface area contributed by atoms with Crippen LogP contribution in [0, 0.1) is 5.92 Å². The average Bonchev–Trinajstić information content (AvgIpc) is 1.95. The molecule has 3 N–H and O–H groups in total. The summed E-state index contributed by atoms with van der Waals surface area (Å²) in [5.74, 6) is -0.404. The molecule has 0 radical (unpaired) electrons. The Bertz CT molecular complexity index is 311. The lowest BCUT2D eigenvalue weighted by Crippen LogP contribution is -2.50. The van der Waals surface area contributed by atoms with Crippen molar-refractivity contribution in [2.45, 2.75) is 32.9 Å². The molecule has 2 unspecified atom stereocenters. The van der Waals surface area contributed by atoms with Crippen LogP contribution >= 0.6 is 0 Å². The van der Waals surface area contributed by atoms with Crippen molar-refractivity contribution in [3.05, 3.63) is 0 Å². The molecule has 2 atom stereocenters. The molecule has 0 heterocycles. The van der Waals surface area contributed by atoms with Crippen LogP contribution in [0.2, 0.25) is 0 Å². The number of amides is 1. The molecule has 0 bridgehead atoms. The van der Waals surface area contributed by atoms with Crippen molar-refractivity contribution in [1.82, 2.24) is 5.32 Å². The summed E-state index contributed by atoms with van der Waals surface area (Å²) < 4.78 is 22.0. The zero-order valence-corrected chi connectivity index (χ0v) is 10.5. The van der Waals surface area contributed by atoms with Gasteiger partial charge in [-0.25, -0.2) is 8.42 Å². The highest BCUT2D eigenvalue weighted by molar-refractivity contribution is 7.90. The molecule has 90 valence electrons. The van der Waals surface area contributed by atoms with Gasteiger partial charge in [-0.15, -0.1) is 0 Å². The first-order valence-electron chi connectivity index (χ1n) is 4.86. The molecule has 0 aromatic rings. The molecule has 0 spiro atoms. The largest absolute Gasteiger partial charge is 0.368 e. The van der Waals surface area contributed by atoms with Crippen molar-refractivity contribution >= 4 is 15.7 Å². The van der Waals surface area contributed by atoms with Gasteiger partial charge in [0.05, 0.1) is 11.8 Å². The summed E-state index contributed by atoms with van der Waals surface area (Å²) in [6.07, 6.45) is 1.17. The van der Waals surface area contributed by atoms with Crippen LogP contribution in [0.1, 0.15) is 20.8 Å². The monoisotopic (exact) mass is 236 g/mol. The predicted octanol–water partition coefficient (Wildman–Crippen LogP) is -0.481. The van der Waals surface area contributed by atoms with Crippen LogP contribution in [0.25, 0.3) is 0 Å². The van der Waals surface area contributed by atoms with E-state index in [9.17, 15) is 13.2 Å². The molecule has 0 fully saturated rings. The molecule has 0 rings (SSSR count). The number of nitrogens with two attached hydrogens (primary N) is 1. The summed E-state index contributed by atoms with van der Waals surface area (Å²) in [6, 6.07) is -0.762. The first-order chi connectivity index (χ1) is 6.63. The lowest BCUT2D eigenvalue weighted by Gasteiger charge is -2.23. The van der Waals surface area contributed by atoms with E-state index in [0.29, 0.717) is 0 Å². The maximum absolute atomic E-state index is 11.1. The fourth-order valence-electron chi connectivity index (χ4n) is 1.41. The van der Waals surface area contributed by atoms with Gasteiger partial charge in [0.25, 0.3) is 0 Å². The Morgan fingerprint density at radius 2 is 1.80 bits per heavy atom. The second kappa shape index (κ2) is 5.46. The smallest absolute Gasteiger partial charge is 0.234 e. The minimum absolute atomic E-state index is 0.00347. The van der Waals surface area contributed by atoms with E-state index in [-0.39, 0.29) is 17.7 Å². The molecule has 0 aliphatic carbocycles. The Balaban J connectivity index is 4.37. The van der Waals surface area contributed by atoms with Crippen LogP contribution in [0.5, 0.6) is 0 Å². The predicted molar refractivity (Wildman–Crippen MR) is 60.1 cm³/mol. The minimum Gasteiger partial charge on any atom is -0.368 e. The van der Waals surface area contributed by atoms with Gasteiger partial charge in [0.2, 0.25) is 5.91 Å². The molecular weight excluding hydrogens is 216 g/mol. The molecule has 0 saturated heterocycles. The molecule has 1 amide bonds. The number of sulfone groups is 1. The number of hydrogen-bond acceptors (Lipinski definition) is 4. The number of primary amides is 1. The first-order valence-corrected chi connectivity index (χ1v) is 6.92. The van der Waals surface area contributed by atoms with Gasteiger partial charge in [-0.2, -0.15) is 0 Å². The Morgan fingerprint density at radius 3 is 2.07 bits per heavy atom. The number of carbonyl (C=O) groups is 1.